The van der Waals surface area contributed by atoms with Gasteiger partial charge in [0, 0.05) is 12.6 Å². The average Bonchev–Trinajstić information content (AvgIpc) is 3.31. The quantitative estimate of drug-likeness (QED) is 0.888. The summed E-state index contributed by atoms with van der Waals surface area (Å²) < 4.78 is 7.15. The van der Waals surface area contributed by atoms with Gasteiger partial charge in [0.1, 0.15) is 6.04 Å². The summed E-state index contributed by atoms with van der Waals surface area (Å²) in [7, 11) is 0. The number of nitrogens with zero attached hydrogens (tertiary/aromatic N) is 6. The Kier molecular flexibility index (Phi) is 4.71. The molecule has 1 atom stereocenters. The predicted molar refractivity (Wildman–Crippen MR) is 92.2 cm³/mol. The second-order valence-electron chi connectivity index (χ2n) is 7.34. The second kappa shape index (κ2) is 7.14. The van der Waals surface area contributed by atoms with Crippen molar-refractivity contribution in [2.75, 3.05) is 6.54 Å². The zero-order valence-electron chi connectivity index (χ0n) is 15.0. The van der Waals surface area contributed by atoms with Crippen molar-refractivity contribution in [3.05, 3.63) is 23.6 Å². The van der Waals surface area contributed by atoms with Gasteiger partial charge in [-0.25, -0.2) is 4.68 Å². The van der Waals surface area contributed by atoms with E-state index in [2.05, 4.69) is 20.5 Å². The molecule has 1 saturated carbocycles. The molecule has 0 radical (unpaired) electrons. The molecule has 1 aliphatic carbocycles. The minimum Gasteiger partial charge on any atom is -0.337 e. The summed E-state index contributed by atoms with van der Waals surface area (Å²) in [5, 5.41) is 12.2. The van der Waals surface area contributed by atoms with E-state index in [1.54, 1.807) is 18.0 Å². The van der Waals surface area contributed by atoms with Crippen LogP contribution in [0.3, 0.4) is 0 Å². The van der Waals surface area contributed by atoms with Gasteiger partial charge >= 0.3 is 0 Å². The van der Waals surface area contributed by atoms with Gasteiger partial charge in [0.05, 0.1) is 12.2 Å². The number of aryl methyl sites for hydroxylation is 1. The third-order valence-electron chi connectivity index (χ3n) is 5.44. The zero-order valence-corrected chi connectivity index (χ0v) is 15.0. The summed E-state index contributed by atoms with van der Waals surface area (Å²) in [5.74, 6) is 0.966. The number of nitrogens with two attached hydrogens (primary N) is 1. The molecule has 2 aromatic rings. The summed E-state index contributed by atoms with van der Waals surface area (Å²) in [6.45, 7) is 2.44. The van der Waals surface area contributed by atoms with Gasteiger partial charge in [-0.1, -0.05) is 10.4 Å². The molecule has 0 spiro atoms. The molecule has 9 nitrogen and oxygen atoms in total. The molecule has 26 heavy (non-hydrogen) atoms. The first-order valence-corrected chi connectivity index (χ1v) is 9.40. The van der Waals surface area contributed by atoms with E-state index >= 15 is 0 Å². The van der Waals surface area contributed by atoms with Gasteiger partial charge in [0.15, 0.2) is 11.5 Å². The SMILES string of the molecule is Cc1noc(C2CCCCN2C(=O)c2cn(C3CCC(N)CC3)nn2)n1. The van der Waals surface area contributed by atoms with Crippen LogP contribution in [0, 0.1) is 6.92 Å². The van der Waals surface area contributed by atoms with Crippen molar-refractivity contribution in [3.63, 3.8) is 0 Å². The Bertz CT molecular complexity index is 763. The summed E-state index contributed by atoms with van der Waals surface area (Å²) in [6, 6.07) is 0.373. The lowest BCUT2D eigenvalue weighted by Crippen LogP contribution is -2.38. The first kappa shape index (κ1) is 17.1. The minimum atomic E-state index is -0.185. The minimum absolute atomic E-state index is 0.121. The lowest BCUT2D eigenvalue weighted by Gasteiger charge is -2.32. The van der Waals surface area contributed by atoms with Crippen molar-refractivity contribution in [1.82, 2.24) is 30.0 Å². The predicted octanol–water partition coefficient (Wildman–Crippen LogP) is 1.78. The molecule has 3 heterocycles. The number of piperidine rings is 1. The van der Waals surface area contributed by atoms with Crippen molar-refractivity contribution in [3.8, 4) is 0 Å². The molecular weight excluding hydrogens is 334 g/mol. The van der Waals surface area contributed by atoms with Crippen LogP contribution in [0.5, 0.6) is 0 Å². The van der Waals surface area contributed by atoms with E-state index in [1.807, 2.05) is 4.68 Å². The maximum absolute atomic E-state index is 13.0. The van der Waals surface area contributed by atoms with Gasteiger partial charge in [-0.15, -0.1) is 5.10 Å². The van der Waals surface area contributed by atoms with Crippen LogP contribution in [0.2, 0.25) is 0 Å². The van der Waals surface area contributed by atoms with E-state index in [0.29, 0.717) is 24.0 Å². The van der Waals surface area contributed by atoms with Crippen LogP contribution in [0.1, 0.15) is 79.2 Å². The molecule has 2 aromatic heterocycles. The van der Waals surface area contributed by atoms with E-state index in [4.69, 9.17) is 10.3 Å². The molecule has 4 rings (SSSR count). The molecule has 0 aromatic carbocycles. The number of hydrogen-bond acceptors (Lipinski definition) is 7. The molecule has 2 fully saturated rings. The smallest absolute Gasteiger partial charge is 0.276 e. The number of hydrogen-bond donors (Lipinski definition) is 1. The molecular formula is C17H25N7O2. The highest BCUT2D eigenvalue weighted by Crippen LogP contribution is 2.31. The first-order valence-electron chi connectivity index (χ1n) is 9.40. The van der Waals surface area contributed by atoms with E-state index < -0.39 is 0 Å². The number of amides is 1. The first-order chi connectivity index (χ1) is 12.6. The van der Waals surface area contributed by atoms with Crippen molar-refractivity contribution >= 4 is 5.91 Å². The van der Waals surface area contributed by atoms with Crippen molar-refractivity contribution in [2.45, 2.75) is 70.0 Å². The van der Waals surface area contributed by atoms with Gasteiger partial charge < -0.3 is 15.2 Å². The molecule has 1 amide bonds. The maximum atomic E-state index is 13.0. The topological polar surface area (TPSA) is 116 Å². The molecule has 1 aliphatic heterocycles. The summed E-state index contributed by atoms with van der Waals surface area (Å²) >= 11 is 0. The molecule has 2 aliphatic rings. The Morgan fingerprint density at radius 1 is 1.23 bits per heavy atom. The Morgan fingerprint density at radius 3 is 2.77 bits per heavy atom. The highest BCUT2D eigenvalue weighted by atomic mass is 16.5. The lowest BCUT2D eigenvalue weighted by molar-refractivity contribution is 0.0555. The lowest BCUT2D eigenvalue weighted by atomic mass is 9.92. The summed E-state index contributed by atoms with van der Waals surface area (Å²) in [4.78, 5) is 19.2. The van der Waals surface area contributed by atoms with Gasteiger partial charge in [-0.3, -0.25) is 4.79 Å². The molecule has 140 valence electrons. The normalized spacial score (nSPS) is 26.8. The fourth-order valence-electron chi connectivity index (χ4n) is 3.95. The van der Waals surface area contributed by atoms with E-state index in [9.17, 15) is 4.79 Å². The van der Waals surface area contributed by atoms with Crippen molar-refractivity contribution in [2.24, 2.45) is 5.73 Å². The third kappa shape index (κ3) is 3.35. The Hall–Kier alpha value is -2.29. The van der Waals surface area contributed by atoms with Gasteiger partial charge in [-0.2, -0.15) is 4.98 Å². The summed E-state index contributed by atoms with van der Waals surface area (Å²) in [6.07, 6.45) is 8.51. The van der Waals surface area contributed by atoms with Crippen molar-refractivity contribution in [1.29, 1.82) is 0 Å². The summed E-state index contributed by atoms with van der Waals surface area (Å²) in [5.41, 5.74) is 6.35. The molecule has 9 heteroatoms. The fraction of sp³-hybridized carbons (Fsp3) is 0.706. The molecule has 1 saturated heterocycles. The molecule has 0 bridgehead atoms. The van der Waals surface area contributed by atoms with Crippen LogP contribution in [0.25, 0.3) is 0 Å². The van der Waals surface area contributed by atoms with E-state index in [-0.39, 0.29) is 24.0 Å². The highest BCUT2D eigenvalue weighted by Gasteiger charge is 2.34. The van der Waals surface area contributed by atoms with Crippen LogP contribution in [-0.2, 0) is 0 Å². The van der Waals surface area contributed by atoms with Gasteiger partial charge in [-0.05, 0) is 51.9 Å². The Morgan fingerprint density at radius 2 is 2.04 bits per heavy atom. The van der Waals surface area contributed by atoms with Crippen LogP contribution < -0.4 is 5.73 Å². The number of carbonyl (C=O) groups excluding carboxylic acids is 1. The van der Waals surface area contributed by atoms with Crippen LogP contribution in [0.4, 0.5) is 0 Å². The van der Waals surface area contributed by atoms with Gasteiger partial charge in [0.25, 0.3) is 5.91 Å². The second-order valence-corrected chi connectivity index (χ2v) is 7.34. The largest absolute Gasteiger partial charge is 0.337 e. The monoisotopic (exact) mass is 359 g/mol. The van der Waals surface area contributed by atoms with Crippen LogP contribution >= 0.6 is 0 Å². The number of likely N-dealkylation sites (tertiary alicyclic amines) is 1. The Balaban J connectivity index is 1.51. The highest BCUT2D eigenvalue weighted by molar-refractivity contribution is 5.92. The molecule has 2 N–H and O–H groups in total. The van der Waals surface area contributed by atoms with Crippen LogP contribution in [-0.4, -0.2) is 48.5 Å². The standard InChI is InChI=1S/C17H25N7O2/c1-11-19-16(26-21-11)15-4-2-3-9-23(15)17(25)14-10-24(22-20-14)13-7-5-12(18)6-8-13/h10,12-13,15H,2-9,18H2,1H3. The maximum Gasteiger partial charge on any atom is 0.276 e. The zero-order chi connectivity index (χ0) is 18.1. The number of aromatic nitrogens is 5. The third-order valence-corrected chi connectivity index (χ3v) is 5.44. The number of carbonyl (C=O) groups is 1. The Labute approximate surface area is 151 Å². The van der Waals surface area contributed by atoms with Gasteiger partial charge in [0.2, 0.25) is 5.89 Å². The fourth-order valence-corrected chi connectivity index (χ4v) is 3.95. The van der Waals surface area contributed by atoms with E-state index in [0.717, 1.165) is 44.9 Å². The average molecular weight is 359 g/mol. The molecule has 1 unspecified atom stereocenters. The van der Waals surface area contributed by atoms with Crippen LogP contribution in [0.15, 0.2) is 10.7 Å². The van der Waals surface area contributed by atoms with E-state index in [1.165, 1.54) is 0 Å². The number of rotatable bonds is 3. The van der Waals surface area contributed by atoms with Crippen molar-refractivity contribution < 1.29 is 9.32 Å².